The second kappa shape index (κ2) is 6.75. The number of hydrogen-bond donors (Lipinski definition) is 1. The Kier molecular flexibility index (Phi) is 4.69. The van der Waals surface area contributed by atoms with E-state index in [0.717, 1.165) is 27.8 Å². The van der Waals surface area contributed by atoms with Crippen LogP contribution >= 0.6 is 11.9 Å². The third-order valence-electron chi connectivity index (χ3n) is 3.44. The Bertz CT molecular complexity index is 847. The minimum atomic E-state index is -4.35. The number of alkyl halides is 3. The van der Waals surface area contributed by atoms with Crippen LogP contribution in [0.15, 0.2) is 65.6 Å². The Hall–Kier alpha value is -2.18. The molecule has 3 aromatic carbocycles. The van der Waals surface area contributed by atoms with Gasteiger partial charge in [0, 0.05) is 10.3 Å². The van der Waals surface area contributed by atoms with Crippen LogP contribution in [-0.2, 0) is 6.18 Å². The zero-order valence-corrected chi connectivity index (χ0v) is 13.5. The maximum absolute atomic E-state index is 12.6. The van der Waals surface area contributed by atoms with Crippen LogP contribution < -0.4 is 9.46 Å². The highest BCUT2D eigenvalue weighted by molar-refractivity contribution is 7.97. The average molecular weight is 349 g/mol. The lowest BCUT2D eigenvalue weighted by Gasteiger charge is -2.11. The molecule has 24 heavy (non-hydrogen) atoms. The van der Waals surface area contributed by atoms with E-state index in [1.165, 1.54) is 24.1 Å². The Balaban J connectivity index is 1.89. The van der Waals surface area contributed by atoms with E-state index in [2.05, 4.69) is 4.72 Å². The summed E-state index contributed by atoms with van der Waals surface area (Å²) in [6.07, 6.45) is -4.35. The molecule has 0 amide bonds. The monoisotopic (exact) mass is 349 g/mol. The van der Waals surface area contributed by atoms with Crippen molar-refractivity contribution >= 4 is 22.7 Å². The Morgan fingerprint density at radius 2 is 1.71 bits per heavy atom. The summed E-state index contributed by atoms with van der Waals surface area (Å²) in [6.45, 7) is 0. The molecule has 2 nitrogen and oxygen atoms in total. The van der Waals surface area contributed by atoms with Crippen LogP contribution in [0.5, 0.6) is 11.5 Å². The quantitative estimate of drug-likeness (QED) is 0.595. The van der Waals surface area contributed by atoms with E-state index in [1.807, 2.05) is 37.4 Å². The van der Waals surface area contributed by atoms with Crippen molar-refractivity contribution in [3.8, 4) is 11.5 Å². The van der Waals surface area contributed by atoms with Gasteiger partial charge in [-0.05, 0) is 72.9 Å². The molecule has 6 heteroatoms. The zero-order valence-electron chi connectivity index (χ0n) is 12.7. The summed E-state index contributed by atoms with van der Waals surface area (Å²) in [4.78, 5) is 1.07. The van der Waals surface area contributed by atoms with Crippen LogP contribution in [-0.4, -0.2) is 7.05 Å². The number of hydrogen-bond acceptors (Lipinski definition) is 3. The van der Waals surface area contributed by atoms with E-state index in [1.54, 1.807) is 6.07 Å². The highest BCUT2D eigenvalue weighted by Crippen LogP contribution is 2.34. The van der Waals surface area contributed by atoms with Crippen molar-refractivity contribution in [2.45, 2.75) is 11.1 Å². The van der Waals surface area contributed by atoms with Gasteiger partial charge < -0.3 is 4.74 Å². The molecule has 0 saturated heterocycles. The van der Waals surface area contributed by atoms with Gasteiger partial charge in [0.1, 0.15) is 11.5 Å². The lowest BCUT2D eigenvalue weighted by Crippen LogP contribution is -2.04. The Morgan fingerprint density at radius 3 is 2.38 bits per heavy atom. The van der Waals surface area contributed by atoms with E-state index < -0.39 is 11.7 Å². The fraction of sp³-hybridized carbons (Fsp3) is 0.111. The molecule has 0 spiro atoms. The van der Waals surface area contributed by atoms with Crippen LogP contribution in [0.4, 0.5) is 13.2 Å². The van der Waals surface area contributed by atoms with E-state index >= 15 is 0 Å². The summed E-state index contributed by atoms with van der Waals surface area (Å²) < 4.78 is 46.6. The van der Waals surface area contributed by atoms with Crippen molar-refractivity contribution in [3.63, 3.8) is 0 Å². The number of ether oxygens (including phenoxy) is 1. The average Bonchev–Trinajstić information content (AvgIpc) is 2.55. The fourth-order valence-electron chi connectivity index (χ4n) is 2.34. The first-order valence-electron chi connectivity index (χ1n) is 7.19. The molecular formula is C18H14F3NOS. The van der Waals surface area contributed by atoms with Crippen LogP contribution in [0, 0.1) is 0 Å². The van der Waals surface area contributed by atoms with Gasteiger partial charge in [0.05, 0.1) is 5.56 Å². The molecule has 1 N–H and O–H groups in total. The second-order valence-electron chi connectivity index (χ2n) is 5.07. The van der Waals surface area contributed by atoms with Gasteiger partial charge in [-0.3, -0.25) is 4.72 Å². The van der Waals surface area contributed by atoms with Gasteiger partial charge in [0.25, 0.3) is 0 Å². The lowest BCUT2D eigenvalue weighted by molar-refractivity contribution is -0.137. The predicted molar refractivity (Wildman–Crippen MR) is 90.4 cm³/mol. The van der Waals surface area contributed by atoms with Crippen LogP contribution in [0.2, 0.25) is 0 Å². The second-order valence-corrected chi connectivity index (χ2v) is 6.15. The minimum absolute atomic E-state index is 0.365. The smallest absolute Gasteiger partial charge is 0.416 e. The maximum Gasteiger partial charge on any atom is 0.416 e. The van der Waals surface area contributed by atoms with Crippen LogP contribution in [0.3, 0.4) is 0 Å². The van der Waals surface area contributed by atoms with Crippen LogP contribution in [0.1, 0.15) is 5.56 Å². The van der Waals surface area contributed by atoms with Crippen molar-refractivity contribution in [2.24, 2.45) is 0 Å². The van der Waals surface area contributed by atoms with Crippen molar-refractivity contribution < 1.29 is 17.9 Å². The molecular weight excluding hydrogens is 335 g/mol. The van der Waals surface area contributed by atoms with E-state index in [-0.39, 0.29) is 0 Å². The molecule has 0 bridgehead atoms. The topological polar surface area (TPSA) is 21.3 Å². The molecule has 3 aromatic rings. The zero-order chi connectivity index (χ0) is 17.2. The predicted octanol–water partition coefficient (Wildman–Crippen LogP) is 5.88. The van der Waals surface area contributed by atoms with Crippen molar-refractivity contribution in [3.05, 3.63) is 66.2 Å². The first-order chi connectivity index (χ1) is 11.5. The molecule has 0 atom stereocenters. The molecule has 0 aliphatic heterocycles. The molecule has 3 rings (SSSR count). The van der Waals surface area contributed by atoms with Gasteiger partial charge in [0.2, 0.25) is 0 Å². The first-order valence-corrected chi connectivity index (χ1v) is 8.00. The Morgan fingerprint density at radius 1 is 0.958 bits per heavy atom. The van der Waals surface area contributed by atoms with E-state index in [0.29, 0.717) is 11.5 Å². The molecule has 0 heterocycles. The SMILES string of the molecule is CNSc1ccc2c(Oc3ccc(C(F)(F)F)cc3)cccc2c1. The van der Waals surface area contributed by atoms with Crippen molar-refractivity contribution in [2.75, 3.05) is 7.05 Å². The van der Waals surface area contributed by atoms with Gasteiger partial charge in [-0.15, -0.1) is 0 Å². The summed E-state index contributed by atoms with van der Waals surface area (Å²) in [5, 5.41) is 1.90. The van der Waals surface area contributed by atoms with Crippen molar-refractivity contribution in [1.82, 2.24) is 4.72 Å². The normalized spacial score (nSPS) is 11.7. The van der Waals surface area contributed by atoms with Gasteiger partial charge >= 0.3 is 6.18 Å². The van der Waals surface area contributed by atoms with Gasteiger partial charge in [-0.25, -0.2) is 0 Å². The largest absolute Gasteiger partial charge is 0.457 e. The summed E-state index contributed by atoms with van der Waals surface area (Å²) >= 11 is 1.51. The molecule has 0 unspecified atom stereocenters. The van der Waals surface area contributed by atoms with E-state index in [4.69, 9.17) is 4.74 Å². The standard InChI is InChI=1S/C18H14F3NOS/c1-22-24-15-9-10-16-12(11-15)3-2-4-17(16)23-14-7-5-13(6-8-14)18(19,20)21/h2-11,22H,1H3. The maximum atomic E-state index is 12.6. The molecule has 0 radical (unpaired) electrons. The van der Waals surface area contributed by atoms with E-state index in [9.17, 15) is 13.2 Å². The summed E-state index contributed by atoms with van der Waals surface area (Å²) in [5.41, 5.74) is -0.693. The fourth-order valence-corrected chi connectivity index (χ4v) is 2.90. The molecule has 0 fully saturated rings. The summed E-state index contributed by atoms with van der Waals surface area (Å²) in [6, 6.07) is 16.2. The number of rotatable bonds is 4. The van der Waals surface area contributed by atoms with Crippen molar-refractivity contribution in [1.29, 1.82) is 0 Å². The number of nitrogens with one attached hydrogen (secondary N) is 1. The molecule has 0 aromatic heterocycles. The number of fused-ring (bicyclic) bond motifs is 1. The highest BCUT2D eigenvalue weighted by atomic mass is 32.2. The first kappa shape index (κ1) is 16.7. The summed E-state index contributed by atoms with van der Waals surface area (Å²) in [7, 11) is 1.85. The number of benzene rings is 3. The van der Waals surface area contributed by atoms with Gasteiger partial charge in [-0.2, -0.15) is 13.2 Å². The molecule has 0 saturated carbocycles. The highest BCUT2D eigenvalue weighted by Gasteiger charge is 2.30. The third kappa shape index (κ3) is 3.66. The van der Waals surface area contributed by atoms with Gasteiger partial charge in [0.15, 0.2) is 0 Å². The molecule has 0 aliphatic carbocycles. The van der Waals surface area contributed by atoms with Gasteiger partial charge in [-0.1, -0.05) is 12.1 Å². The lowest BCUT2D eigenvalue weighted by atomic mass is 10.1. The third-order valence-corrected chi connectivity index (χ3v) is 4.13. The van der Waals surface area contributed by atoms with Crippen LogP contribution in [0.25, 0.3) is 10.8 Å². The number of halogens is 3. The Labute approximate surface area is 141 Å². The molecule has 124 valence electrons. The minimum Gasteiger partial charge on any atom is -0.457 e. The molecule has 0 aliphatic rings. The summed E-state index contributed by atoms with van der Waals surface area (Å²) in [5.74, 6) is 0.970.